The van der Waals surface area contributed by atoms with Crippen LogP contribution in [0.15, 0.2) is 102 Å². The third-order valence-corrected chi connectivity index (χ3v) is 9.70. The summed E-state index contributed by atoms with van der Waals surface area (Å²) in [5.74, 6) is -1.32. The molecule has 0 saturated heterocycles. The number of hydrogen-bond donors (Lipinski definition) is 1. The van der Waals surface area contributed by atoms with E-state index in [0.29, 0.717) is 11.3 Å². The highest BCUT2D eigenvalue weighted by Gasteiger charge is 2.36. The molecule has 0 heterocycles. The number of amides is 2. The molecule has 248 valence electrons. The minimum atomic E-state index is -4.39. The van der Waals surface area contributed by atoms with Crippen molar-refractivity contribution in [2.75, 3.05) is 18.0 Å². The summed E-state index contributed by atoms with van der Waals surface area (Å²) in [7, 11) is -2.94. The summed E-state index contributed by atoms with van der Waals surface area (Å²) < 4.78 is 48.3. The quantitative estimate of drug-likeness (QED) is 0.174. The molecule has 4 rings (SSSR count). The lowest BCUT2D eigenvalue weighted by Gasteiger charge is -2.35. The Morgan fingerprint density at radius 2 is 1.47 bits per heavy atom. The van der Waals surface area contributed by atoms with Crippen LogP contribution in [-0.4, -0.2) is 50.4 Å². The SMILES string of the molecule is COc1ccc(S(=O)(=O)N(CC(=O)N(Cc2c(Cl)cccc2Cl)[C@@H](Cc2ccccc2)C(=O)NC(C)(C)C)c2ccc(F)cc2)cc1. The van der Waals surface area contributed by atoms with Crippen molar-refractivity contribution >= 4 is 50.7 Å². The van der Waals surface area contributed by atoms with Crippen LogP contribution in [0.25, 0.3) is 0 Å². The summed E-state index contributed by atoms with van der Waals surface area (Å²) in [5.41, 5.74) is 0.550. The fourth-order valence-electron chi connectivity index (χ4n) is 4.87. The molecule has 4 aromatic rings. The Morgan fingerprint density at radius 3 is 2.02 bits per heavy atom. The number of rotatable bonds is 12. The zero-order valence-electron chi connectivity index (χ0n) is 26.4. The van der Waals surface area contributed by atoms with Crippen molar-refractivity contribution in [1.29, 1.82) is 0 Å². The summed E-state index contributed by atoms with van der Waals surface area (Å²) >= 11 is 13.1. The molecule has 0 aliphatic heterocycles. The van der Waals surface area contributed by atoms with Gasteiger partial charge in [0, 0.05) is 34.1 Å². The summed E-state index contributed by atoms with van der Waals surface area (Å²) in [6, 6.07) is 23.4. The highest BCUT2D eigenvalue weighted by molar-refractivity contribution is 7.92. The Kier molecular flexibility index (Phi) is 11.5. The number of ether oxygens (including phenoxy) is 1. The largest absolute Gasteiger partial charge is 0.497 e. The fraction of sp³-hybridized carbons (Fsp3) is 0.257. The van der Waals surface area contributed by atoms with Crippen LogP contribution in [0.3, 0.4) is 0 Å². The van der Waals surface area contributed by atoms with Crippen LogP contribution in [0, 0.1) is 5.82 Å². The van der Waals surface area contributed by atoms with Gasteiger partial charge in [-0.2, -0.15) is 0 Å². The van der Waals surface area contributed by atoms with Crippen LogP contribution in [0.1, 0.15) is 31.9 Å². The van der Waals surface area contributed by atoms with E-state index in [1.54, 1.807) is 18.2 Å². The fourth-order valence-corrected chi connectivity index (χ4v) is 6.80. The highest BCUT2D eigenvalue weighted by Crippen LogP contribution is 2.29. The summed E-state index contributed by atoms with van der Waals surface area (Å²) in [4.78, 5) is 29.7. The second-order valence-corrected chi connectivity index (χ2v) is 14.5. The number of carbonyl (C=O) groups excluding carboxylic acids is 2. The molecular weight excluding hydrogens is 664 g/mol. The van der Waals surface area contributed by atoms with Gasteiger partial charge in [-0.3, -0.25) is 13.9 Å². The molecule has 8 nitrogen and oxygen atoms in total. The molecule has 0 saturated carbocycles. The number of halogens is 3. The van der Waals surface area contributed by atoms with Crippen molar-refractivity contribution in [3.63, 3.8) is 0 Å². The molecule has 1 N–H and O–H groups in total. The van der Waals surface area contributed by atoms with Crippen molar-refractivity contribution in [1.82, 2.24) is 10.2 Å². The Bertz CT molecular complexity index is 1780. The average Bonchev–Trinajstić information content (AvgIpc) is 3.02. The lowest BCUT2D eigenvalue weighted by molar-refractivity contribution is -0.140. The van der Waals surface area contributed by atoms with Gasteiger partial charge in [0.05, 0.1) is 17.7 Å². The maximum absolute atomic E-state index is 14.6. The van der Waals surface area contributed by atoms with Gasteiger partial charge in [-0.15, -0.1) is 0 Å². The van der Waals surface area contributed by atoms with Gasteiger partial charge in [-0.25, -0.2) is 12.8 Å². The molecule has 4 aromatic carbocycles. The molecule has 0 bridgehead atoms. The maximum Gasteiger partial charge on any atom is 0.264 e. The number of anilines is 1. The van der Waals surface area contributed by atoms with Crippen molar-refractivity contribution < 1.29 is 27.1 Å². The zero-order chi connectivity index (χ0) is 34.4. The summed E-state index contributed by atoms with van der Waals surface area (Å²) in [5, 5.41) is 3.50. The molecule has 12 heteroatoms. The standard InChI is InChI=1S/C35H36Cl2FN3O5S/c1-35(2,3)39-34(43)32(21-24-9-6-5-7-10-24)40(22-29-30(36)11-8-12-31(29)37)33(42)23-41(26-15-13-25(38)14-16-26)47(44,45)28-19-17-27(46-4)18-20-28/h5-20,32H,21-23H2,1-4H3,(H,39,43)/t32-/m0/s1. The first-order chi connectivity index (χ1) is 22.2. The topological polar surface area (TPSA) is 96.0 Å². The van der Waals surface area contributed by atoms with Crippen LogP contribution in [0.4, 0.5) is 10.1 Å². The zero-order valence-corrected chi connectivity index (χ0v) is 28.7. The van der Waals surface area contributed by atoms with Gasteiger partial charge < -0.3 is 15.0 Å². The number of nitrogens with one attached hydrogen (secondary N) is 1. The molecule has 0 radical (unpaired) electrons. The van der Waals surface area contributed by atoms with Gasteiger partial charge in [0.2, 0.25) is 11.8 Å². The van der Waals surface area contributed by atoms with E-state index >= 15 is 0 Å². The number of methoxy groups -OCH3 is 1. The van der Waals surface area contributed by atoms with Crippen LogP contribution >= 0.6 is 23.2 Å². The van der Waals surface area contributed by atoms with Crippen molar-refractivity contribution in [2.45, 2.75) is 50.2 Å². The molecule has 0 aromatic heterocycles. The summed E-state index contributed by atoms with van der Waals surface area (Å²) in [6.07, 6.45) is 0.109. The first-order valence-corrected chi connectivity index (χ1v) is 16.9. The molecule has 1 atom stereocenters. The van der Waals surface area contributed by atoms with E-state index in [-0.39, 0.29) is 33.6 Å². The van der Waals surface area contributed by atoms with E-state index in [1.165, 1.54) is 48.4 Å². The van der Waals surface area contributed by atoms with Crippen LogP contribution in [0.5, 0.6) is 5.75 Å². The number of sulfonamides is 1. The Hall–Kier alpha value is -4.12. The van der Waals surface area contributed by atoms with Crippen molar-refractivity contribution in [2.24, 2.45) is 0 Å². The molecule has 0 fully saturated rings. The smallest absolute Gasteiger partial charge is 0.264 e. The van der Waals surface area contributed by atoms with Crippen LogP contribution < -0.4 is 14.4 Å². The third kappa shape index (κ3) is 9.24. The van der Waals surface area contributed by atoms with Gasteiger partial charge in [-0.05, 0) is 87.0 Å². The molecule has 0 unspecified atom stereocenters. The first kappa shape index (κ1) is 35.7. The number of hydrogen-bond acceptors (Lipinski definition) is 5. The minimum Gasteiger partial charge on any atom is -0.497 e. The van der Waals surface area contributed by atoms with Gasteiger partial charge in [-0.1, -0.05) is 59.6 Å². The summed E-state index contributed by atoms with van der Waals surface area (Å²) in [6.45, 7) is 4.53. The van der Waals surface area contributed by atoms with Gasteiger partial charge in [0.1, 0.15) is 24.2 Å². The molecule has 0 aliphatic carbocycles. The maximum atomic E-state index is 14.6. The Balaban J connectivity index is 1.85. The van der Waals surface area contributed by atoms with Gasteiger partial charge in [0.25, 0.3) is 10.0 Å². The number of nitrogens with zero attached hydrogens (tertiary/aromatic N) is 2. The van der Waals surface area contributed by atoms with Crippen LogP contribution in [-0.2, 0) is 32.6 Å². The molecule has 0 spiro atoms. The Morgan fingerprint density at radius 1 is 0.872 bits per heavy atom. The molecular formula is C35H36Cl2FN3O5S. The highest BCUT2D eigenvalue weighted by atomic mass is 35.5. The number of carbonyl (C=O) groups is 2. The normalized spacial score (nSPS) is 12.2. The Labute approximate surface area is 285 Å². The van der Waals surface area contributed by atoms with E-state index in [9.17, 15) is 22.4 Å². The van der Waals surface area contributed by atoms with E-state index < -0.39 is 45.8 Å². The average molecular weight is 701 g/mol. The molecule has 47 heavy (non-hydrogen) atoms. The second kappa shape index (κ2) is 15.2. The molecule has 0 aliphatic rings. The second-order valence-electron chi connectivity index (χ2n) is 11.8. The third-order valence-electron chi connectivity index (χ3n) is 7.20. The number of benzene rings is 4. The van der Waals surface area contributed by atoms with E-state index in [1.807, 2.05) is 51.1 Å². The lowest BCUT2D eigenvalue weighted by atomic mass is 10.0. The van der Waals surface area contributed by atoms with E-state index in [0.717, 1.165) is 22.0 Å². The monoisotopic (exact) mass is 699 g/mol. The minimum absolute atomic E-state index is 0.0463. The van der Waals surface area contributed by atoms with Crippen LogP contribution in [0.2, 0.25) is 10.0 Å². The van der Waals surface area contributed by atoms with Gasteiger partial charge in [0.15, 0.2) is 0 Å². The van der Waals surface area contributed by atoms with Gasteiger partial charge >= 0.3 is 0 Å². The van der Waals surface area contributed by atoms with E-state index in [4.69, 9.17) is 27.9 Å². The first-order valence-electron chi connectivity index (χ1n) is 14.7. The molecule has 2 amide bonds. The van der Waals surface area contributed by atoms with Crippen molar-refractivity contribution in [3.05, 3.63) is 124 Å². The predicted molar refractivity (Wildman–Crippen MR) is 183 cm³/mol. The lowest BCUT2D eigenvalue weighted by Crippen LogP contribution is -2.56. The van der Waals surface area contributed by atoms with Crippen molar-refractivity contribution in [3.8, 4) is 5.75 Å². The van der Waals surface area contributed by atoms with E-state index in [2.05, 4.69) is 5.32 Å². The predicted octanol–water partition coefficient (Wildman–Crippen LogP) is 6.89.